The van der Waals surface area contributed by atoms with Gasteiger partial charge in [-0.1, -0.05) is 40.2 Å². The lowest BCUT2D eigenvalue weighted by Gasteiger charge is -2.15. The Bertz CT molecular complexity index is 471. The fourth-order valence-electron chi connectivity index (χ4n) is 1.88. The predicted molar refractivity (Wildman–Crippen MR) is 73.9 cm³/mol. The van der Waals surface area contributed by atoms with E-state index in [4.69, 9.17) is 5.73 Å². The smallest absolute Gasteiger partial charge is 0.0303 e. The zero-order valence-corrected chi connectivity index (χ0v) is 11.1. The van der Waals surface area contributed by atoms with Gasteiger partial charge in [0.15, 0.2) is 0 Å². The van der Waals surface area contributed by atoms with Crippen LogP contribution in [0.25, 0.3) is 0 Å². The maximum Gasteiger partial charge on any atom is 0.0303 e. The summed E-state index contributed by atoms with van der Waals surface area (Å²) in [6.45, 7) is 0.632. The molecule has 0 saturated heterocycles. The highest BCUT2D eigenvalue weighted by atomic mass is 79.9. The molecule has 0 radical (unpaired) electrons. The SMILES string of the molecule is NCC(Cc1ccccc1Br)c1cccnc1. The normalized spacial score (nSPS) is 12.4. The number of nitrogens with two attached hydrogens (primary N) is 1. The van der Waals surface area contributed by atoms with E-state index in [1.165, 1.54) is 11.1 Å². The fourth-order valence-corrected chi connectivity index (χ4v) is 2.33. The third-order valence-electron chi connectivity index (χ3n) is 2.86. The molecule has 88 valence electrons. The van der Waals surface area contributed by atoms with Gasteiger partial charge in [-0.2, -0.15) is 0 Å². The maximum absolute atomic E-state index is 5.86. The summed E-state index contributed by atoms with van der Waals surface area (Å²) in [7, 11) is 0. The molecule has 2 aromatic rings. The van der Waals surface area contributed by atoms with Gasteiger partial charge in [-0.3, -0.25) is 4.98 Å². The Morgan fingerprint density at radius 2 is 2.00 bits per heavy atom. The molecule has 0 amide bonds. The lowest BCUT2D eigenvalue weighted by atomic mass is 9.93. The highest BCUT2D eigenvalue weighted by molar-refractivity contribution is 9.10. The molecule has 0 saturated carbocycles. The van der Waals surface area contributed by atoms with Crippen LogP contribution in [0.4, 0.5) is 0 Å². The van der Waals surface area contributed by atoms with Gasteiger partial charge in [0.25, 0.3) is 0 Å². The summed E-state index contributed by atoms with van der Waals surface area (Å²) in [6.07, 6.45) is 4.62. The zero-order chi connectivity index (χ0) is 12.1. The Morgan fingerprint density at radius 1 is 1.18 bits per heavy atom. The molecular weight excluding hydrogens is 276 g/mol. The van der Waals surface area contributed by atoms with Gasteiger partial charge in [0, 0.05) is 22.8 Å². The van der Waals surface area contributed by atoms with Crippen LogP contribution in [-0.4, -0.2) is 11.5 Å². The molecular formula is C14H15BrN2. The van der Waals surface area contributed by atoms with Crippen molar-refractivity contribution in [2.75, 3.05) is 6.54 Å². The second kappa shape index (κ2) is 5.94. The Hall–Kier alpha value is -1.19. The van der Waals surface area contributed by atoms with E-state index in [0.29, 0.717) is 12.5 Å². The van der Waals surface area contributed by atoms with Gasteiger partial charge in [-0.05, 0) is 36.2 Å². The van der Waals surface area contributed by atoms with Crippen molar-refractivity contribution in [2.45, 2.75) is 12.3 Å². The Balaban J connectivity index is 2.19. The summed E-state index contributed by atoms with van der Waals surface area (Å²) in [5.41, 5.74) is 8.34. The second-order valence-corrected chi connectivity index (χ2v) is 4.87. The van der Waals surface area contributed by atoms with Crippen molar-refractivity contribution in [3.05, 3.63) is 64.4 Å². The molecule has 3 heteroatoms. The molecule has 1 heterocycles. The molecule has 0 aliphatic carbocycles. The summed E-state index contributed by atoms with van der Waals surface area (Å²) >= 11 is 3.57. The molecule has 0 aliphatic rings. The van der Waals surface area contributed by atoms with Crippen molar-refractivity contribution >= 4 is 15.9 Å². The molecule has 0 bridgehead atoms. The van der Waals surface area contributed by atoms with Crippen LogP contribution in [0.5, 0.6) is 0 Å². The van der Waals surface area contributed by atoms with Crippen molar-refractivity contribution in [1.29, 1.82) is 0 Å². The minimum absolute atomic E-state index is 0.322. The van der Waals surface area contributed by atoms with Gasteiger partial charge in [-0.25, -0.2) is 0 Å². The van der Waals surface area contributed by atoms with Gasteiger partial charge in [0.1, 0.15) is 0 Å². The Morgan fingerprint density at radius 3 is 2.65 bits per heavy atom. The van der Waals surface area contributed by atoms with E-state index in [1.807, 2.05) is 18.3 Å². The molecule has 0 fully saturated rings. The maximum atomic E-state index is 5.86. The molecule has 1 aromatic heterocycles. The van der Waals surface area contributed by atoms with E-state index >= 15 is 0 Å². The summed E-state index contributed by atoms with van der Waals surface area (Å²) in [5, 5.41) is 0. The van der Waals surface area contributed by atoms with Crippen LogP contribution >= 0.6 is 15.9 Å². The highest BCUT2D eigenvalue weighted by Gasteiger charge is 2.12. The Labute approximate surface area is 110 Å². The van der Waals surface area contributed by atoms with Crippen LogP contribution in [0, 0.1) is 0 Å². The third-order valence-corrected chi connectivity index (χ3v) is 3.64. The van der Waals surface area contributed by atoms with E-state index < -0.39 is 0 Å². The molecule has 2 nitrogen and oxygen atoms in total. The molecule has 17 heavy (non-hydrogen) atoms. The van der Waals surface area contributed by atoms with Gasteiger partial charge in [0.05, 0.1) is 0 Å². The lowest BCUT2D eigenvalue weighted by Crippen LogP contribution is -2.15. The zero-order valence-electron chi connectivity index (χ0n) is 9.51. The van der Waals surface area contributed by atoms with Crippen molar-refractivity contribution in [2.24, 2.45) is 5.73 Å². The second-order valence-electron chi connectivity index (χ2n) is 4.01. The van der Waals surface area contributed by atoms with E-state index in [0.717, 1.165) is 10.9 Å². The molecule has 1 atom stereocenters. The highest BCUT2D eigenvalue weighted by Crippen LogP contribution is 2.24. The minimum atomic E-state index is 0.322. The van der Waals surface area contributed by atoms with E-state index in [2.05, 4.69) is 45.2 Å². The monoisotopic (exact) mass is 290 g/mol. The topological polar surface area (TPSA) is 38.9 Å². The average molecular weight is 291 g/mol. The molecule has 0 aliphatic heterocycles. The van der Waals surface area contributed by atoms with Crippen LogP contribution in [0.3, 0.4) is 0 Å². The average Bonchev–Trinajstić information content (AvgIpc) is 2.39. The van der Waals surface area contributed by atoms with Gasteiger partial charge < -0.3 is 5.73 Å². The predicted octanol–water partition coefficient (Wildman–Crippen LogP) is 3.13. The molecule has 2 rings (SSSR count). The third kappa shape index (κ3) is 3.14. The standard InChI is InChI=1S/C14H15BrN2/c15-14-6-2-1-4-11(14)8-13(9-16)12-5-3-7-17-10-12/h1-7,10,13H,8-9,16H2. The molecule has 1 aromatic carbocycles. The first-order valence-electron chi connectivity index (χ1n) is 5.64. The quantitative estimate of drug-likeness (QED) is 0.940. The number of halogens is 1. The van der Waals surface area contributed by atoms with Gasteiger partial charge in [0.2, 0.25) is 0 Å². The summed E-state index contributed by atoms with van der Waals surface area (Å²) < 4.78 is 1.14. The van der Waals surface area contributed by atoms with Crippen molar-refractivity contribution < 1.29 is 0 Å². The first kappa shape index (κ1) is 12.3. The molecule has 2 N–H and O–H groups in total. The summed E-state index contributed by atoms with van der Waals surface area (Å²) in [5.74, 6) is 0.322. The van der Waals surface area contributed by atoms with Crippen molar-refractivity contribution in [3.63, 3.8) is 0 Å². The van der Waals surface area contributed by atoms with Crippen molar-refractivity contribution in [3.8, 4) is 0 Å². The van der Waals surface area contributed by atoms with Gasteiger partial charge >= 0.3 is 0 Å². The largest absolute Gasteiger partial charge is 0.330 e. The van der Waals surface area contributed by atoms with Crippen LogP contribution in [0.2, 0.25) is 0 Å². The van der Waals surface area contributed by atoms with E-state index in [1.54, 1.807) is 6.20 Å². The number of pyridine rings is 1. The lowest BCUT2D eigenvalue weighted by molar-refractivity contribution is 0.689. The van der Waals surface area contributed by atoms with Crippen LogP contribution < -0.4 is 5.73 Å². The molecule has 1 unspecified atom stereocenters. The van der Waals surface area contributed by atoms with Crippen LogP contribution in [0.1, 0.15) is 17.0 Å². The first-order chi connectivity index (χ1) is 8.31. The number of aromatic nitrogens is 1. The number of nitrogens with zero attached hydrogens (tertiary/aromatic N) is 1. The van der Waals surface area contributed by atoms with Gasteiger partial charge in [-0.15, -0.1) is 0 Å². The van der Waals surface area contributed by atoms with Crippen LogP contribution in [0.15, 0.2) is 53.3 Å². The van der Waals surface area contributed by atoms with E-state index in [9.17, 15) is 0 Å². The van der Waals surface area contributed by atoms with Crippen molar-refractivity contribution in [1.82, 2.24) is 4.98 Å². The number of rotatable bonds is 4. The number of benzene rings is 1. The Kier molecular flexibility index (Phi) is 4.29. The number of hydrogen-bond donors (Lipinski definition) is 1. The summed E-state index contributed by atoms with van der Waals surface area (Å²) in [6, 6.07) is 12.3. The summed E-state index contributed by atoms with van der Waals surface area (Å²) in [4.78, 5) is 4.15. The minimum Gasteiger partial charge on any atom is -0.330 e. The molecule has 0 spiro atoms. The fraction of sp³-hybridized carbons (Fsp3) is 0.214. The first-order valence-corrected chi connectivity index (χ1v) is 6.44. The number of hydrogen-bond acceptors (Lipinski definition) is 2. The van der Waals surface area contributed by atoms with Crippen LogP contribution in [-0.2, 0) is 6.42 Å². The van der Waals surface area contributed by atoms with E-state index in [-0.39, 0.29) is 0 Å².